The largest absolute Gasteiger partial charge is 0.518 e. The summed E-state index contributed by atoms with van der Waals surface area (Å²) < 4.78 is 52.0. The lowest BCUT2D eigenvalue weighted by molar-refractivity contribution is -0.188. The van der Waals surface area contributed by atoms with E-state index < -0.39 is 72.0 Å². The second kappa shape index (κ2) is 16.1. The molecular formula is C45H47N3O15S. The van der Waals surface area contributed by atoms with Crippen LogP contribution in [0.4, 0.5) is 9.59 Å². The molecule has 1 spiro atoms. The number of fused-ring (bicyclic) bond motifs is 9. The van der Waals surface area contributed by atoms with Gasteiger partial charge in [-0.05, 0) is 68.1 Å². The number of esters is 2. The zero-order valence-corrected chi connectivity index (χ0v) is 36.8. The van der Waals surface area contributed by atoms with Gasteiger partial charge in [-0.1, -0.05) is 19.2 Å². The second-order valence-electron chi connectivity index (χ2n) is 16.3. The van der Waals surface area contributed by atoms with Gasteiger partial charge in [0.2, 0.25) is 6.79 Å². The summed E-state index contributed by atoms with van der Waals surface area (Å²) in [7, 11) is 4.74. The molecule has 338 valence electrons. The fourth-order valence-electron chi connectivity index (χ4n) is 10.7. The molecule has 7 atom stereocenters. The predicted molar refractivity (Wildman–Crippen MR) is 226 cm³/mol. The second-order valence-corrected chi connectivity index (χ2v) is 17.4. The van der Waals surface area contributed by atoms with Crippen LogP contribution in [0.3, 0.4) is 0 Å². The van der Waals surface area contributed by atoms with Crippen LogP contribution in [0.15, 0.2) is 43.9 Å². The average Bonchev–Trinajstić information content (AvgIpc) is 3.75. The van der Waals surface area contributed by atoms with E-state index in [4.69, 9.17) is 42.6 Å². The van der Waals surface area contributed by atoms with Crippen LogP contribution in [0.1, 0.15) is 68.8 Å². The van der Waals surface area contributed by atoms with E-state index in [2.05, 4.69) is 13.2 Å². The maximum Gasteiger partial charge on any atom is 0.518 e. The highest BCUT2D eigenvalue weighted by atomic mass is 32.2. The molecule has 0 aliphatic carbocycles. The molecule has 7 aliphatic heterocycles. The summed E-state index contributed by atoms with van der Waals surface area (Å²) in [5.74, 6) is -0.470. The molecular weight excluding hydrogens is 855 g/mol. The summed E-state index contributed by atoms with van der Waals surface area (Å²) in [5, 5.41) is 24.1. The van der Waals surface area contributed by atoms with Crippen molar-refractivity contribution < 1.29 is 72.0 Å². The number of aromatic hydroxyl groups is 1. The molecule has 4 bridgehead atoms. The number of phenols is 1. The standard InChI is InChI=1S/C45H47N3O15S/c1-9-57-43(53)47-12-11-23-15-29(63-44(54)58-10-2)28(55-7)16-25(23)45(47)18-64-40-32-31(39-38(60-19-61-39)21(4)37(32)62-22(5)49)27(17-59-42(45)52)48-34(40)33-30-24(14-26(41(48)51)46(33)6)13-20(3)36(56-8)35(30)50/h9-10,13,15-16,26-27,33-34,40-41,50-51H,1-2,11-12,14,17-19H2,3-8H3/t26-,27-,33-,34?,40+,41-,45+/m0/s1. The Morgan fingerprint density at radius 3 is 2.39 bits per heavy atom. The normalized spacial score (nSPS) is 26.3. The topological polar surface area (TPSA) is 202 Å². The van der Waals surface area contributed by atoms with E-state index in [0.717, 1.165) is 23.7 Å². The number of methoxy groups -OCH3 is 2. The van der Waals surface area contributed by atoms with Crippen molar-refractivity contribution in [3.05, 3.63) is 88.4 Å². The molecule has 18 nitrogen and oxygen atoms in total. The molecule has 3 aromatic carbocycles. The van der Waals surface area contributed by atoms with Crippen molar-refractivity contribution >= 4 is 35.9 Å². The molecule has 1 amide bonds. The van der Waals surface area contributed by atoms with E-state index in [1.807, 2.05) is 29.8 Å². The summed E-state index contributed by atoms with van der Waals surface area (Å²) in [6.45, 7) is 11.3. The third-order valence-electron chi connectivity index (χ3n) is 13.2. The zero-order chi connectivity index (χ0) is 45.5. The van der Waals surface area contributed by atoms with Gasteiger partial charge in [-0.25, -0.2) is 14.4 Å². The fourth-order valence-corrected chi connectivity index (χ4v) is 12.5. The molecule has 64 heavy (non-hydrogen) atoms. The molecule has 10 rings (SSSR count). The Hall–Kier alpha value is -6.15. The van der Waals surface area contributed by atoms with Crippen molar-refractivity contribution in [3.8, 4) is 40.2 Å². The van der Waals surface area contributed by atoms with Crippen molar-refractivity contribution in [1.82, 2.24) is 14.7 Å². The Morgan fingerprint density at radius 2 is 1.69 bits per heavy atom. The monoisotopic (exact) mass is 901 g/mol. The van der Waals surface area contributed by atoms with Gasteiger partial charge in [0.15, 0.2) is 40.0 Å². The number of benzene rings is 3. The molecule has 2 fully saturated rings. The minimum absolute atomic E-state index is 0.0114. The SMILES string of the molecule is C=COC(=O)Oc1cc2c(cc1OC)[C@@]1(CS[C@@H]3c4c(OC(C)=O)c(C)c5c(c4[C@H](COC1=O)N1C3[C@@H]3c4c(cc(C)c(OC)c4O)C[C@@H]([C@@H]1O)N3C)OCO5)N(C(=O)OC=C)CC2. The van der Waals surface area contributed by atoms with E-state index >= 15 is 4.79 Å². The van der Waals surface area contributed by atoms with E-state index in [-0.39, 0.29) is 48.5 Å². The molecule has 2 N–H and O–H groups in total. The molecule has 1 unspecified atom stereocenters. The van der Waals surface area contributed by atoms with Crippen molar-refractivity contribution in [1.29, 1.82) is 0 Å². The summed E-state index contributed by atoms with van der Waals surface area (Å²) in [4.78, 5) is 60.4. The Morgan fingerprint density at radius 1 is 0.938 bits per heavy atom. The van der Waals surface area contributed by atoms with Crippen molar-refractivity contribution in [2.75, 3.05) is 47.0 Å². The van der Waals surface area contributed by atoms with E-state index in [0.29, 0.717) is 57.1 Å². The first kappa shape index (κ1) is 43.1. The predicted octanol–water partition coefficient (Wildman–Crippen LogP) is 5.36. The number of hydrogen-bond donors (Lipinski definition) is 2. The van der Waals surface area contributed by atoms with E-state index in [9.17, 15) is 24.6 Å². The van der Waals surface area contributed by atoms with Gasteiger partial charge in [0, 0.05) is 47.5 Å². The van der Waals surface area contributed by atoms with E-state index in [1.54, 1.807) is 13.0 Å². The first-order valence-corrected chi connectivity index (χ1v) is 21.6. The average molecular weight is 902 g/mol. The minimum atomic E-state index is -1.95. The number of thioether (sulfide) groups is 1. The number of nitrogens with zero attached hydrogens (tertiary/aromatic N) is 3. The van der Waals surface area contributed by atoms with Gasteiger partial charge in [0.05, 0.1) is 50.1 Å². The van der Waals surface area contributed by atoms with Crippen LogP contribution in [0, 0.1) is 13.8 Å². The highest BCUT2D eigenvalue weighted by Crippen LogP contribution is 2.65. The highest BCUT2D eigenvalue weighted by Gasteiger charge is 2.63. The number of aryl methyl sites for hydroxylation is 1. The molecule has 2 saturated heterocycles. The molecule has 7 heterocycles. The number of aliphatic hydroxyl groups excluding tert-OH is 1. The van der Waals surface area contributed by atoms with Crippen LogP contribution >= 0.6 is 11.8 Å². The number of rotatable bonds is 6. The van der Waals surface area contributed by atoms with Gasteiger partial charge < -0.3 is 52.8 Å². The number of piperazine rings is 1. The fraction of sp³-hybridized carbons (Fsp3) is 0.422. The van der Waals surface area contributed by atoms with Gasteiger partial charge in [0.25, 0.3) is 0 Å². The van der Waals surface area contributed by atoms with Crippen molar-refractivity contribution in [3.63, 3.8) is 0 Å². The summed E-state index contributed by atoms with van der Waals surface area (Å²) in [6, 6.07) is 2.17. The van der Waals surface area contributed by atoms with Crippen molar-refractivity contribution in [2.24, 2.45) is 0 Å². The lowest BCUT2D eigenvalue weighted by Gasteiger charge is -2.62. The Labute approximate surface area is 372 Å². The number of amides is 1. The number of carbonyl (C=O) groups excluding carboxylic acids is 4. The Balaban J connectivity index is 1.32. The van der Waals surface area contributed by atoms with Gasteiger partial charge in [-0.2, -0.15) is 0 Å². The maximum absolute atomic E-state index is 15.4. The summed E-state index contributed by atoms with van der Waals surface area (Å²) in [5.41, 5.74) is 2.54. The number of carbonyl (C=O) groups is 4. The van der Waals surface area contributed by atoms with Crippen LogP contribution in [-0.2, 0) is 42.2 Å². The van der Waals surface area contributed by atoms with Gasteiger partial charge in [-0.15, -0.1) is 11.8 Å². The Bertz CT molecular complexity index is 2530. The zero-order valence-electron chi connectivity index (χ0n) is 36.0. The van der Waals surface area contributed by atoms with Crippen LogP contribution in [0.5, 0.6) is 40.2 Å². The first-order chi connectivity index (χ1) is 30.7. The lowest BCUT2D eigenvalue weighted by Crippen LogP contribution is -2.70. The molecule has 0 radical (unpaired) electrons. The number of aliphatic hydroxyl groups is 1. The van der Waals surface area contributed by atoms with Gasteiger partial charge in [0.1, 0.15) is 18.6 Å². The molecule has 0 aromatic heterocycles. The van der Waals surface area contributed by atoms with Crippen LogP contribution in [-0.4, -0.2) is 114 Å². The number of hydrogen-bond acceptors (Lipinski definition) is 18. The molecule has 19 heteroatoms. The smallest absolute Gasteiger partial charge is 0.504 e. The van der Waals surface area contributed by atoms with E-state index in [1.165, 1.54) is 43.9 Å². The summed E-state index contributed by atoms with van der Waals surface area (Å²) >= 11 is 1.26. The number of phenolic OH excluding ortho intramolecular Hbond substituents is 1. The molecule has 0 saturated carbocycles. The molecule has 3 aromatic rings. The number of ether oxygens (including phenoxy) is 9. The maximum atomic E-state index is 15.4. The van der Waals surface area contributed by atoms with Crippen LogP contribution < -0.4 is 28.4 Å². The van der Waals surface area contributed by atoms with Crippen LogP contribution in [0.2, 0.25) is 0 Å². The highest BCUT2D eigenvalue weighted by molar-refractivity contribution is 7.99. The third kappa shape index (κ3) is 6.26. The van der Waals surface area contributed by atoms with Crippen molar-refractivity contribution in [2.45, 2.75) is 74.8 Å². The number of likely N-dealkylation sites (N-methyl/N-ethyl adjacent to an activating group) is 1. The summed E-state index contributed by atoms with van der Waals surface area (Å²) in [6.07, 6.45) is -0.696. The molecule has 7 aliphatic rings. The lowest BCUT2D eigenvalue weighted by atomic mass is 9.73. The van der Waals surface area contributed by atoms with Gasteiger partial charge in [-0.3, -0.25) is 19.5 Å². The minimum Gasteiger partial charge on any atom is -0.504 e. The Kier molecular flexibility index (Phi) is 10.9. The van der Waals surface area contributed by atoms with Gasteiger partial charge >= 0.3 is 24.2 Å². The quantitative estimate of drug-likeness (QED) is 0.105. The first-order valence-electron chi connectivity index (χ1n) is 20.5. The third-order valence-corrected chi connectivity index (χ3v) is 14.7. The van der Waals surface area contributed by atoms with Crippen LogP contribution in [0.25, 0.3) is 0 Å².